The van der Waals surface area contributed by atoms with Crippen LogP contribution in [0.5, 0.6) is 17.2 Å². The first-order valence-electron chi connectivity index (χ1n) is 27.8. The second-order valence-corrected chi connectivity index (χ2v) is 22.4. The number of hydrogen-bond acceptors (Lipinski definition) is 12. The van der Waals surface area contributed by atoms with Gasteiger partial charge in [0.25, 0.3) is 5.91 Å². The number of ether oxygens (including phenoxy) is 3. The maximum atomic E-state index is 13.6. The second kappa shape index (κ2) is 26.2. The fourth-order valence-corrected chi connectivity index (χ4v) is 12.6. The number of imide groups is 3. The van der Waals surface area contributed by atoms with E-state index in [9.17, 15) is 39.0 Å². The summed E-state index contributed by atoms with van der Waals surface area (Å²) in [5.41, 5.74) is 2.98. The lowest BCUT2D eigenvalue weighted by atomic mass is 9.73. The van der Waals surface area contributed by atoms with Gasteiger partial charge in [0.2, 0.25) is 0 Å². The summed E-state index contributed by atoms with van der Waals surface area (Å²) >= 11 is 0. The molecule has 4 aromatic carbocycles. The molecular formula is C61H80N6O11. The van der Waals surface area contributed by atoms with Crippen LogP contribution in [0.15, 0.2) is 97.1 Å². The number of benzene rings is 4. The first-order valence-corrected chi connectivity index (χ1v) is 27.8. The van der Waals surface area contributed by atoms with Gasteiger partial charge in [0.1, 0.15) is 23.3 Å². The van der Waals surface area contributed by atoms with E-state index in [1.165, 1.54) is 18.2 Å². The molecule has 0 aliphatic carbocycles. The number of amides is 5. The van der Waals surface area contributed by atoms with Crippen molar-refractivity contribution >= 4 is 41.9 Å². The summed E-state index contributed by atoms with van der Waals surface area (Å²) in [5, 5.41) is 26.0. The van der Waals surface area contributed by atoms with E-state index in [2.05, 4.69) is 66.3 Å². The highest BCUT2D eigenvalue weighted by Gasteiger charge is 2.40. The van der Waals surface area contributed by atoms with Gasteiger partial charge in [-0.25, -0.2) is 24.0 Å². The molecule has 3 aliphatic heterocycles. The van der Waals surface area contributed by atoms with Gasteiger partial charge in [-0.05, 0) is 188 Å². The molecule has 17 nitrogen and oxygen atoms in total. The Morgan fingerprint density at radius 1 is 0.628 bits per heavy atom. The lowest BCUT2D eigenvalue weighted by Gasteiger charge is -2.35. The topological polar surface area (TPSA) is 208 Å². The fraction of sp³-hybridized carbons (Fsp3) is 0.508. The minimum Gasteiger partial charge on any atom is -0.480 e. The van der Waals surface area contributed by atoms with Crippen molar-refractivity contribution in [3.05, 3.63) is 119 Å². The van der Waals surface area contributed by atoms with Crippen LogP contribution in [-0.2, 0) is 21.0 Å². The lowest BCUT2D eigenvalue weighted by molar-refractivity contribution is -0.140. The molecule has 4 aromatic rings. The van der Waals surface area contributed by atoms with Crippen LogP contribution in [0.3, 0.4) is 0 Å². The number of aliphatic carboxylic acids is 1. The van der Waals surface area contributed by atoms with E-state index in [0.717, 1.165) is 101 Å². The van der Waals surface area contributed by atoms with Gasteiger partial charge in [0.15, 0.2) is 0 Å². The Hall–Kier alpha value is -6.82. The van der Waals surface area contributed by atoms with Gasteiger partial charge in [-0.15, -0.1) is 4.90 Å². The zero-order chi connectivity index (χ0) is 56.2. The lowest BCUT2D eigenvalue weighted by Crippen LogP contribution is -2.46. The van der Waals surface area contributed by atoms with Crippen LogP contribution in [0.2, 0.25) is 0 Å². The molecular weight excluding hydrogens is 993 g/mol. The predicted octanol–water partition coefficient (Wildman–Crippen LogP) is 11.4. The quantitative estimate of drug-likeness (QED) is 0.0824. The van der Waals surface area contributed by atoms with Crippen LogP contribution in [0.4, 0.5) is 24.9 Å². The fourth-order valence-electron chi connectivity index (χ4n) is 12.6. The molecule has 0 bridgehead atoms. The van der Waals surface area contributed by atoms with E-state index in [0.29, 0.717) is 43.8 Å². The Morgan fingerprint density at radius 2 is 1.09 bits per heavy atom. The molecule has 3 heterocycles. The van der Waals surface area contributed by atoms with Crippen LogP contribution < -0.4 is 24.8 Å². The molecule has 0 spiro atoms. The van der Waals surface area contributed by atoms with Crippen LogP contribution >= 0.6 is 0 Å². The number of carbonyl (C=O) groups excluding carboxylic acids is 4. The highest BCUT2D eigenvalue weighted by Crippen LogP contribution is 2.42. The maximum absolute atomic E-state index is 13.6. The predicted molar refractivity (Wildman–Crippen MR) is 299 cm³/mol. The average molecular weight is 1070 g/mol. The second-order valence-electron chi connectivity index (χ2n) is 22.4. The Balaban J connectivity index is 0.937. The molecule has 3 saturated heterocycles. The number of carboxylic acids is 1. The average Bonchev–Trinajstić information content (AvgIpc) is 3.84. The zero-order valence-corrected chi connectivity index (χ0v) is 46.6. The maximum Gasteiger partial charge on any atom is 0.434 e. The first kappa shape index (κ1) is 58.9. The van der Waals surface area contributed by atoms with E-state index >= 15 is 0 Å². The summed E-state index contributed by atoms with van der Waals surface area (Å²) < 4.78 is 16.8. The highest BCUT2D eigenvalue weighted by atomic mass is 16.6. The van der Waals surface area contributed by atoms with Crippen LogP contribution in [0.25, 0.3) is 0 Å². The number of likely N-dealkylation sites (tertiary alicyclic amines) is 3. The smallest absolute Gasteiger partial charge is 0.434 e. The molecule has 5 unspecified atom stereocenters. The third-order valence-corrected chi connectivity index (χ3v) is 17.0. The van der Waals surface area contributed by atoms with Crippen molar-refractivity contribution in [1.82, 2.24) is 24.9 Å². The summed E-state index contributed by atoms with van der Waals surface area (Å²) in [5.74, 6) is -1.48. The number of nitrogens with zero attached hydrogens (tertiary/aromatic N) is 4. The molecule has 420 valence electrons. The van der Waals surface area contributed by atoms with E-state index in [1.54, 1.807) is 48.5 Å². The van der Waals surface area contributed by atoms with E-state index in [1.807, 2.05) is 38.2 Å². The standard InChI is InChI=1S/C61H80N6O11/c1-8-59(29-11-13-32-64(5)39-59)45-18-15-21-49(35-45)76-55(71)62-48-26-24-44(25-27-48)53(68)63-52(54(69)70)42(4)34-43-28-31-61(10-3,41-66(7)38-43)47-20-17-23-51(37-47)78-58(75)67(56(72)73)57(74)77-50-22-16-19-46(36-50)60(9-2)30-12-14-33-65(6)40-60/h15-27,35-37,42-43,52H,8-14,28-34,38-41H2,1-7H3,(H,62,71)(H,63,68)(H,69,70)(H,72,73)/t42?,43?,52-,59?,60?,61?/m0/s1. The molecule has 4 N–H and O–H groups in total. The third-order valence-electron chi connectivity index (χ3n) is 17.0. The number of nitrogens with one attached hydrogen (secondary N) is 2. The van der Waals surface area contributed by atoms with Gasteiger partial charge >= 0.3 is 30.3 Å². The van der Waals surface area contributed by atoms with E-state index < -0.39 is 53.6 Å². The van der Waals surface area contributed by atoms with Gasteiger partial charge in [-0.3, -0.25) is 10.1 Å². The summed E-state index contributed by atoms with van der Waals surface area (Å²) in [6, 6.07) is 26.7. The van der Waals surface area contributed by atoms with Crippen LogP contribution in [0.1, 0.15) is 132 Å². The molecule has 3 fully saturated rings. The van der Waals surface area contributed by atoms with Crippen LogP contribution in [-0.4, -0.2) is 133 Å². The number of hydrogen-bond donors (Lipinski definition) is 4. The third kappa shape index (κ3) is 14.5. The van der Waals surface area contributed by atoms with Gasteiger partial charge < -0.3 is 44.4 Å². The van der Waals surface area contributed by atoms with Crippen molar-refractivity contribution in [2.45, 2.75) is 127 Å². The highest BCUT2D eigenvalue weighted by molar-refractivity contribution is 6.04. The molecule has 5 amide bonds. The molecule has 3 aliphatic rings. The van der Waals surface area contributed by atoms with Crippen molar-refractivity contribution in [2.24, 2.45) is 11.8 Å². The van der Waals surface area contributed by atoms with Gasteiger partial charge in [0.05, 0.1) is 0 Å². The normalized spacial score (nSPS) is 23.2. The summed E-state index contributed by atoms with van der Waals surface area (Å²) in [7, 11) is 6.25. The monoisotopic (exact) mass is 1070 g/mol. The Bertz CT molecular complexity index is 2760. The number of carboxylic acid groups (broad SMARTS) is 2. The minimum absolute atomic E-state index is 0.0266. The zero-order valence-electron chi connectivity index (χ0n) is 46.6. The largest absolute Gasteiger partial charge is 0.480 e. The molecule has 0 saturated carbocycles. The summed E-state index contributed by atoms with van der Waals surface area (Å²) in [6.07, 6.45) is 5.54. The number of rotatable bonds is 16. The SMILES string of the molecule is CCC1(c2cccc(OC(=O)Nc3ccc(C(=O)N[C@H](C(=O)O)C(C)CC4CCC(CC)(c5cccc(OC(=O)N(C(=O)O)C(=O)Oc6cccc(C7(CC)CCCCN(C)C7)c6)c5)CN(C)C4)cc3)c2)CCCCN(C)C1. The van der Waals surface area contributed by atoms with Crippen LogP contribution in [0, 0.1) is 11.8 Å². The van der Waals surface area contributed by atoms with Crippen molar-refractivity contribution in [3.63, 3.8) is 0 Å². The molecule has 0 aromatic heterocycles. The number of anilines is 1. The summed E-state index contributed by atoms with van der Waals surface area (Å²) in [4.78, 5) is 85.5. The van der Waals surface area contributed by atoms with Gasteiger partial charge in [-0.2, -0.15) is 0 Å². The number of carbonyl (C=O) groups is 6. The summed E-state index contributed by atoms with van der Waals surface area (Å²) in [6.45, 7) is 13.3. The van der Waals surface area contributed by atoms with E-state index in [4.69, 9.17) is 14.2 Å². The van der Waals surface area contributed by atoms with Gasteiger partial charge in [0, 0.05) is 53.7 Å². The van der Waals surface area contributed by atoms with E-state index in [-0.39, 0.29) is 38.7 Å². The molecule has 78 heavy (non-hydrogen) atoms. The van der Waals surface area contributed by atoms with Crippen molar-refractivity contribution in [3.8, 4) is 17.2 Å². The Kier molecular flexibility index (Phi) is 19.8. The molecule has 0 radical (unpaired) electrons. The Labute approximate surface area is 459 Å². The molecule has 6 atom stereocenters. The van der Waals surface area contributed by atoms with Crippen molar-refractivity contribution in [1.29, 1.82) is 0 Å². The molecule has 17 heteroatoms. The first-order chi connectivity index (χ1) is 37.3. The molecule has 7 rings (SSSR count). The minimum atomic E-state index is -1.85. The van der Waals surface area contributed by atoms with Crippen molar-refractivity contribution in [2.75, 3.05) is 65.7 Å². The van der Waals surface area contributed by atoms with Crippen molar-refractivity contribution < 1.29 is 53.2 Å². The van der Waals surface area contributed by atoms with Gasteiger partial charge in [-0.1, -0.05) is 76.9 Å². The Morgan fingerprint density at radius 3 is 1.55 bits per heavy atom. The number of likely N-dealkylation sites (N-methyl/N-ethyl adjacent to an activating group) is 3.